The molecule has 0 spiro atoms. The molecule has 1 aromatic carbocycles. The van der Waals surface area contributed by atoms with Gasteiger partial charge in [-0.3, -0.25) is 9.00 Å². The summed E-state index contributed by atoms with van der Waals surface area (Å²) in [5, 5.41) is 18.5. The predicted octanol–water partition coefficient (Wildman–Crippen LogP) is 1.46. The highest BCUT2D eigenvalue weighted by Gasteiger charge is 2.15. The normalized spacial score (nSPS) is 12.2. The van der Waals surface area contributed by atoms with E-state index in [0.29, 0.717) is 28.5 Å². The van der Waals surface area contributed by atoms with E-state index in [1.807, 2.05) is 10.6 Å². The third kappa shape index (κ3) is 3.62. The van der Waals surface area contributed by atoms with E-state index in [-0.39, 0.29) is 5.75 Å². The molecule has 1 unspecified atom stereocenters. The van der Waals surface area contributed by atoms with Crippen LogP contribution in [0.4, 0.5) is 0 Å². The van der Waals surface area contributed by atoms with Crippen LogP contribution in [0.1, 0.15) is 5.56 Å². The number of nitrogens with zero attached hydrogens (tertiary/aromatic N) is 3. The number of rotatable bonds is 6. The predicted molar refractivity (Wildman–Crippen MR) is 81.7 cm³/mol. The summed E-state index contributed by atoms with van der Waals surface area (Å²) in [5.74, 6) is -0.596. The Kier molecular flexibility index (Phi) is 4.98. The lowest BCUT2D eigenvalue weighted by Crippen LogP contribution is -2.08. The highest BCUT2D eigenvalue weighted by Crippen LogP contribution is 2.26. The number of fused-ring (bicyclic) bond motifs is 1. The van der Waals surface area contributed by atoms with E-state index in [1.165, 1.54) is 0 Å². The molecule has 110 valence electrons. The summed E-state index contributed by atoms with van der Waals surface area (Å²) in [6.45, 7) is 0.469. The Balaban J connectivity index is 2.48. The van der Waals surface area contributed by atoms with Gasteiger partial charge in [0.05, 0.1) is 16.8 Å². The van der Waals surface area contributed by atoms with Crippen LogP contribution in [-0.2, 0) is 22.1 Å². The molecule has 2 aromatic rings. The molecule has 1 aromatic heterocycles. The van der Waals surface area contributed by atoms with Crippen LogP contribution in [0.5, 0.6) is 0 Å². The molecule has 0 bridgehead atoms. The van der Waals surface area contributed by atoms with Crippen LogP contribution in [0.3, 0.4) is 0 Å². The average Bonchev–Trinajstić information content (AvgIpc) is 2.80. The zero-order valence-corrected chi connectivity index (χ0v) is 12.9. The Morgan fingerprint density at radius 3 is 2.95 bits per heavy atom. The third-order valence-electron chi connectivity index (χ3n) is 2.79. The van der Waals surface area contributed by atoms with E-state index >= 15 is 0 Å². The molecule has 21 heavy (non-hydrogen) atoms. The first-order valence-corrected chi connectivity index (χ1v) is 8.78. The Morgan fingerprint density at radius 1 is 1.57 bits per heavy atom. The van der Waals surface area contributed by atoms with Gasteiger partial charge in [-0.2, -0.15) is 5.26 Å². The van der Waals surface area contributed by atoms with E-state index < -0.39 is 16.8 Å². The Hall–Kier alpha value is -1.85. The quantitative estimate of drug-likeness (QED) is 0.809. The first-order valence-electron chi connectivity index (χ1n) is 6.07. The zero-order chi connectivity index (χ0) is 15.4. The number of aliphatic carboxylic acids is 1. The largest absolute Gasteiger partial charge is 0.481 e. The molecule has 8 heteroatoms. The lowest BCUT2D eigenvalue weighted by Gasteiger charge is -2.06. The molecule has 1 N–H and O–H groups in total. The zero-order valence-electron chi connectivity index (χ0n) is 11.3. The van der Waals surface area contributed by atoms with Crippen LogP contribution in [0, 0.1) is 11.3 Å². The van der Waals surface area contributed by atoms with Crippen molar-refractivity contribution in [2.75, 3.05) is 17.8 Å². The van der Waals surface area contributed by atoms with Gasteiger partial charge in [-0.15, -0.1) is 0 Å². The molecule has 0 saturated heterocycles. The lowest BCUT2D eigenvalue weighted by atomic mass is 10.2. The number of imidazole rings is 1. The molecule has 1 atom stereocenters. The third-order valence-corrected chi connectivity index (χ3v) is 4.51. The van der Waals surface area contributed by atoms with Crippen molar-refractivity contribution in [2.24, 2.45) is 0 Å². The van der Waals surface area contributed by atoms with Crippen LogP contribution in [0.2, 0.25) is 0 Å². The number of carboxylic acids is 1. The summed E-state index contributed by atoms with van der Waals surface area (Å²) in [6.07, 6.45) is 1.61. The molecular formula is C13H13N3O3S2. The number of hydrogen-bond acceptors (Lipinski definition) is 5. The van der Waals surface area contributed by atoms with E-state index in [4.69, 9.17) is 10.4 Å². The number of hydrogen-bond donors (Lipinski definition) is 1. The van der Waals surface area contributed by atoms with Crippen LogP contribution in [-0.4, -0.2) is 42.6 Å². The van der Waals surface area contributed by atoms with Gasteiger partial charge in [0, 0.05) is 29.4 Å². The topological polar surface area (TPSA) is 96.0 Å². The lowest BCUT2D eigenvalue weighted by molar-refractivity contribution is -0.133. The number of carbonyl (C=O) groups is 1. The number of aromatic nitrogens is 2. The van der Waals surface area contributed by atoms with Crippen LogP contribution >= 0.6 is 11.8 Å². The standard InChI is InChI=1S/C13H13N3O3S2/c1-21(19)6-5-16-10-4-2-3-9(7-14)12(10)15-13(16)20-8-11(17)18/h2-4H,5-6,8H2,1H3,(H,17,18). The van der Waals surface area contributed by atoms with Crippen molar-refractivity contribution in [1.82, 2.24) is 9.55 Å². The smallest absolute Gasteiger partial charge is 0.313 e. The first kappa shape index (κ1) is 15.5. The molecule has 0 aliphatic rings. The van der Waals surface area contributed by atoms with Gasteiger partial charge in [0.2, 0.25) is 0 Å². The van der Waals surface area contributed by atoms with Gasteiger partial charge in [-0.05, 0) is 12.1 Å². The molecular weight excluding hydrogens is 310 g/mol. The summed E-state index contributed by atoms with van der Waals surface area (Å²) in [5.41, 5.74) is 1.75. The van der Waals surface area contributed by atoms with Crippen molar-refractivity contribution in [3.05, 3.63) is 23.8 Å². The summed E-state index contributed by atoms with van der Waals surface area (Å²) < 4.78 is 13.1. The van der Waals surface area contributed by atoms with Crippen molar-refractivity contribution in [3.8, 4) is 6.07 Å². The van der Waals surface area contributed by atoms with Gasteiger partial charge >= 0.3 is 5.97 Å². The molecule has 0 aliphatic carbocycles. The van der Waals surface area contributed by atoms with E-state index in [1.54, 1.807) is 18.4 Å². The minimum atomic E-state index is -0.960. The first-order chi connectivity index (χ1) is 10.0. The number of aryl methyl sites for hydroxylation is 1. The SMILES string of the molecule is CS(=O)CCn1c(SCC(=O)O)nc2c(C#N)cccc21. The van der Waals surface area contributed by atoms with Crippen molar-refractivity contribution in [2.45, 2.75) is 11.7 Å². The summed E-state index contributed by atoms with van der Waals surface area (Å²) >= 11 is 1.10. The van der Waals surface area contributed by atoms with Gasteiger partial charge in [0.15, 0.2) is 5.16 Å². The van der Waals surface area contributed by atoms with Gasteiger partial charge in [0.25, 0.3) is 0 Å². The van der Waals surface area contributed by atoms with Crippen molar-refractivity contribution >= 4 is 39.6 Å². The Bertz CT molecular complexity index is 749. The second-order valence-electron chi connectivity index (χ2n) is 4.29. The second kappa shape index (κ2) is 6.74. The molecule has 0 radical (unpaired) electrons. The summed E-state index contributed by atoms with van der Waals surface area (Å²) in [4.78, 5) is 15.1. The maximum Gasteiger partial charge on any atom is 0.313 e. The average molecular weight is 323 g/mol. The van der Waals surface area contributed by atoms with E-state index in [2.05, 4.69) is 11.1 Å². The van der Waals surface area contributed by atoms with Gasteiger partial charge < -0.3 is 9.67 Å². The minimum Gasteiger partial charge on any atom is -0.481 e. The number of benzene rings is 1. The maximum absolute atomic E-state index is 11.3. The molecule has 0 amide bonds. The highest BCUT2D eigenvalue weighted by molar-refractivity contribution is 7.99. The number of carboxylic acid groups (broad SMARTS) is 1. The van der Waals surface area contributed by atoms with Crippen molar-refractivity contribution < 1.29 is 14.1 Å². The monoisotopic (exact) mass is 323 g/mol. The van der Waals surface area contributed by atoms with Gasteiger partial charge in [-0.1, -0.05) is 17.8 Å². The molecule has 0 aliphatic heterocycles. The van der Waals surface area contributed by atoms with Crippen LogP contribution in [0.25, 0.3) is 11.0 Å². The number of para-hydroxylation sites is 1. The number of thioether (sulfide) groups is 1. The van der Waals surface area contributed by atoms with Crippen LogP contribution < -0.4 is 0 Å². The molecule has 2 rings (SSSR count). The molecule has 0 saturated carbocycles. The fraction of sp³-hybridized carbons (Fsp3) is 0.308. The summed E-state index contributed by atoms with van der Waals surface area (Å²) in [7, 11) is -0.960. The molecule has 6 nitrogen and oxygen atoms in total. The maximum atomic E-state index is 11.3. The van der Waals surface area contributed by atoms with Crippen molar-refractivity contribution in [3.63, 3.8) is 0 Å². The molecule has 0 fully saturated rings. The fourth-order valence-electron chi connectivity index (χ4n) is 1.89. The number of nitriles is 1. The van der Waals surface area contributed by atoms with Crippen LogP contribution in [0.15, 0.2) is 23.4 Å². The van der Waals surface area contributed by atoms with Gasteiger partial charge in [0.1, 0.15) is 11.6 Å². The summed E-state index contributed by atoms with van der Waals surface area (Å²) in [6, 6.07) is 7.33. The minimum absolute atomic E-state index is 0.111. The van der Waals surface area contributed by atoms with Gasteiger partial charge in [-0.25, -0.2) is 4.98 Å². The molecule has 1 heterocycles. The Morgan fingerprint density at radius 2 is 2.33 bits per heavy atom. The fourth-order valence-corrected chi connectivity index (χ4v) is 3.08. The Labute approximate surface area is 128 Å². The van der Waals surface area contributed by atoms with E-state index in [0.717, 1.165) is 17.3 Å². The highest BCUT2D eigenvalue weighted by atomic mass is 32.2. The van der Waals surface area contributed by atoms with Crippen molar-refractivity contribution in [1.29, 1.82) is 5.26 Å². The second-order valence-corrected chi connectivity index (χ2v) is 6.79. The van der Waals surface area contributed by atoms with E-state index in [9.17, 15) is 9.00 Å².